The second-order valence-electron chi connectivity index (χ2n) is 9.04. The highest BCUT2D eigenvalue weighted by Gasteiger charge is 2.33. The summed E-state index contributed by atoms with van der Waals surface area (Å²) < 4.78 is 14.2. The number of ether oxygens (including phenoxy) is 2. The molecule has 0 spiro atoms. The molecule has 38 heavy (non-hydrogen) atoms. The van der Waals surface area contributed by atoms with Crippen LogP contribution < -0.4 is 19.7 Å². The topological polar surface area (TPSA) is 116 Å². The summed E-state index contributed by atoms with van der Waals surface area (Å²) in [5.41, 5.74) is 2.63. The number of nitrogens with zero attached hydrogens (tertiary/aromatic N) is 6. The third kappa shape index (κ3) is 5.22. The molecule has 11 nitrogen and oxygen atoms in total. The molecule has 0 saturated carbocycles. The molecule has 0 aliphatic carbocycles. The van der Waals surface area contributed by atoms with Gasteiger partial charge in [-0.3, -0.25) is 14.5 Å². The van der Waals surface area contributed by atoms with Gasteiger partial charge in [-0.15, -0.1) is 5.10 Å². The Balaban J connectivity index is 1.36. The van der Waals surface area contributed by atoms with Crippen molar-refractivity contribution in [2.45, 2.75) is 39.0 Å². The first-order valence-electron chi connectivity index (χ1n) is 12.3. The molecule has 196 valence electrons. The maximum absolute atomic E-state index is 13.8. The maximum atomic E-state index is 13.8. The molecule has 0 bridgehead atoms. The summed E-state index contributed by atoms with van der Waals surface area (Å²) >= 11 is 0. The summed E-state index contributed by atoms with van der Waals surface area (Å²) in [5.74, 6) is 1.16. The number of anilines is 1. The van der Waals surface area contributed by atoms with Crippen molar-refractivity contribution in [3.63, 3.8) is 0 Å². The van der Waals surface area contributed by atoms with E-state index in [1.165, 1.54) is 6.33 Å². The molecule has 0 fully saturated rings. The van der Waals surface area contributed by atoms with Gasteiger partial charge < -0.3 is 14.8 Å². The Hall–Kier alpha value is -4.67. The van der Waals surface area contributed by atoms with Gasteiger partial charge in [-0.1, -0.05) is 30.3 Å². The molecule has 5 rings (SSSR count). The average molecular weight is 516 g/mol. The fourth-order valence-electron chi connectivity index (χ4n) is 4.50. The lowest BCUT2D eigenvalue weighted by atomic mass is 10.1. The minimum absolute atomic E-state index is 0.00920. The van der Waals surface area contributed by atoms with Crippen LogP contribution in [0.3, 0.4) is 0 Å². The molecular formula is C27H29N7O4. The van der Waals surface area contributed by atoms with Crippen molar-refractivity contribution in [2.24, 2.45) is 0 Å². The highest BCUT2D eigenvalue weighted by Crippen LogP contribution is 2.30. The standard InChI is InChI=1S/C27H29N7O4/c1-18-13-24-33(16-20-9-10-21(37-2)14-23(20)38-3)27(36)22(11-12-34(24)30-18)29-26(35)25-28-17-32(31-25)15-19-7-5-4-6-8-19/h4-10,13-14,17,22H,11-12,15-16H2,1-3H3,(H,29,35). The van der Waals surface area contributed by atoms with Crippen molar-refractivity contribution in [1.82, 2.24) is 29.9 Å². The van der Waals surface area contributed by atoms with E-state index in [9.17, 15) is 9.59 Å². The molecule has 0 radical (unpaired) electrons. The number of carbonyl (C=O) groups is 2. The number of amides is 2. The predicted octanol–water partition coefficient (Wildman–Crippen LogP) is 2.58. The van der Waals surface area contributed by atoms with Gasteiger partial charge >= 0.3 is 0 Å². The van der Waals surface area contributed by atoms with Gasteiger partial charge in [-0.05, 0) is 31.0 Å². The van der Waals surface area contributed by atoms with E-state index in [1.807, 2.05) is 55.5 Å². The Labute approximate surface area is 220 Å². The number of fused-ring (bicyclic) bond motifs is 1. The van der Waals surface area contributed by atoms with Gasteiger partial charge in [0.2, 0.25) is 5.82 Å². The van der Waals surface area contributed by atoms with E-state index in [1.54, 1.807) is 34.5 Å². The first-order chi connectivity index (χ1) is 18.4. The molecule has 4 aromatic rings. The Kier molecular flexibility index (Phi) is 7.07. The molecule has 2 aromatic carbocycles. The van der Waals surface area contributed by atoms with Crippen molar-refractivity contribution >= 4 is 17.6 Å². The SMILES string of the molecule is COc1ccc(CN2C(=O)C(NC(=O)c3ncn(Cc4ccccc4)n3)CCn3nc(C)cc32)c(OC)c1. The number of hydrogen-bond acceptors (Lipinski definition) is 7. The maximum Gasteiger partial charge on any atom is 0.291 e. The van der Waals surface area contributed by atoms with Crippen LogP contribution in [-0.4, -0.2) is 56.6 Å². The molecule has 2 aromatic heterocycles. The number of aryl methyl sites for hydroxylation is 2. The van der Waals surface area contributed by atoms with Crippen LogP contribution in [0.25, 0.3) is 0 Å². The molecule has 2 amide bonds. The van der Waals surface area contributed by atoms with Crippen LogP contribution in [-0.2, 0) is 24.4 Å². The minimum Gasteiger partial charge on any atom is -0.497 e. The zero-order chi connectivity index (χ0) is 26.6. The van der Waals surface area contributed by atoms with Crippen LogP contribution in [0, 0.1) is 6.92 Å². The summed E-state index contributed by atoms with van der Waals surface area (Å²) in [6, 6.07) is 16.3. The number of nitrogens with one attached hydrogen (secondary N) is 1. The first kappa shape index (κ1) is 25.0. The highest BCUT2D eigenvalue weighted by atomic mass is 16.5. The van der Waals surface area contributed by atoms with E-state index in [0.29, 0.717) is 36.8 Å². The Morgan fingerprint density at radius 2 is 1.87 bits per heavy atom. The number of benzene rings is 2. The van der Waals surface area contributed by atoms with Crippen LogP contribution in [0.4, 0.5) is 5.82 Å². The Bertz CT molecular complexity index is 1450. The van der Waals surface area contributed by atoms with E-state index in [4.69, 9.17) is 9.47 Å². The van der Waals surface area contributed by atoms with Gasteiger partial charge in [0, 0.05) is 24.2 Å². The number of aromatic nitrogens is 5. The number of hydrogen-bond donors (Lipinski definition) is 1. The van der Waals surface area contributed by atoms with Crippen LogP contribution in [0.2, 0.25) is 0 Å². The second kappa shape index (κ2) is 10.8. The van der Waals surface area contributed by atoms with Crippen LogP contribution >= 0.6 is 0 Å². The predicted molar refractivity (Wildman–Crippen MR) is 139 cm³/mol. The Morgan fingerprint density at radius 1 is 1.05 bits per heavy atom. The molecule has 1 atom stereocenters. The number of rotatable bonds is 8. The lowest BCUT2D eigenvalue weighted by molar-refractivity contribution is -0.120. The normalized spacial score (nSPS) is 15.1. The zero-order valence-electron chi connectivity index (χ0n) is 21.5. The van der Waals surface area contributed by atoms with E-state index < -0.39 is 11.9 Å². The van der Waals surface area contributed by atoms with Crippen LogP contribution in [0.1, 0.15) is 33.9 Å². The van der Waals surface area contributed by atoms with Gasteiger partial charge in [0.05, 0.1) is 33.0 Å². The monoisotopic (exact) mass is 515 g/mol. The van der Waals surface area contributed by atoms with E-state index in [2.05, 4.69) is 20.5 Å². The van der Waals surface area contributed by atoms with Crippen LogP contribution in [0.5, 0.6) is 11.5 Å². The van der Waals surface area contributed by atoms with Gasteiger partial charge in [0.25, 0.3) is 11.8 Å². The molecular weight excluding hydrogens is 486 g/mol. The van der Waals surface area contributed by atoms with Crippen molar-refractivity contribution in [1.29, 1.82) is 0 Å². The Morgan fingerprint density at radius 3 is 2.63 bits per heavy atom. The zero-order valence-corrected chi connectivity index (χ0v) is 21.5. The fourth-order valence-corrected chi connectivity index (χ4v) is 4.50. The van der Waals surface area contributed by atoms with Gasteiger partial charge in [-0.2, -0.15) is 5.10 Å². The van der Waals surface area contributed by atoms with Gasteiger partial charge in [0.15, 0.2) is 0 Å². The lowest BCUT2D eigenvalue weighted by Crippen LogP contribution is -2.48. The highest BCUT2D eigenvalue weighted by molar-refractivity contribution is 6.01. The molecule has 3 heterocycles. The number of methoxy groups -OCH3 is 2. The van der Waals surface area contributed by atoms with Gasteiger partial charge in [-0.25, -0.2) is 14.3 Å². The number of carbonyl (C=O) groups excluding carboxylic acids is 2. The second-order valence-corrected chi connectivity index (χ2v) is 9.04. The summed E-state index contributed by atoms with van der Waals surface area (Å²) in [7, 11) is 3.16. The molecule has 0 saturated heterocycles. The van der Waals surface area contributed by atoms with Crippen molar-refractivity contribution in [3.8, 4) is 11.5 Å². The lowest BCUT2D eigenvalue weighted by Gasteiger charge is -2.25. The average Bonchev–Trinajstić information content (AvgIpc) is 3.53. The summed E-state index contributed by atoms with van der Waals surface area (Å²) in [5, 5.41) is 11.7. The first-order valence-corrected chi connectivity index (χ1v) is 12.3. The minimum atomic E-state index is -0.783. The quantitative estimate of drug-likeness (QED) is 0.383. The fraction of sp³-hybridized carbons (Fsp3) is 0.296. The van der Waals surface area contributed by atoms with Crippen molar-refractivity contribution in [2.75, 3.05) is 19.1 Å². The molecule has 1 unspecified atom stereocenters. The van der Waals surface area contributed by atoms with E-state index in [-0.39, 0.29) is 18.3 Å². The smallest absolute Gasteiger partial charge is 0.291 e. The largest absolute Gasteiger partial charge is 0.497 e. The molecule has 1 aliphatic rings. The third-order valence-corrected chi connectivity index (χ3v) is 6.41. The molecule has 1 aliphatic heterocycles. The molecule has 1 N–H and O–H groups in total. The summed E-state index contributed by atoms with van der Waals surface area (Å²) in [6.07, 6.45) is 1.89. The third-order valence-electron chi connectivity index (χ3n) is 6.41. The molecule has 11 heteroatoms. The van der Waals surface area contributed by atoms with E-state index >= 15 is 0 Å². The van der Waals surface area contributed by atoms with Gasteiger partial charge in [0.1, 0.15) is 29.7 Å². The van der Waals surface area contributed by atoms with Crippen LogP contribution in [0.15, 0.2) is 60.9 Å². The van der Waals surface area contributed by atoms with E-state index in [0.717, 1.165) is 16.8 Å². The van der Waals surface area contributed by atoms with Crippen molar-refractivity contribution < 1.29 is 19.1 Å². The van der Waals surface area contributed by atoms with Crippen molar-refractivity contribution in [3.05, 3.63) is 83.6 Å². The summed E-state index contributed by atoms with van der Waals surface area (Å²) in [6.45, 7) is 3.07. The summed E-state index contributed by atoms with van der Waals surface area (Å²) in [4.78, 5) is 32.7.